The minimum Gasteiger partial charge on any atom is -0.368 e. The van der Waals surface area contributed by atoms with Crippen LogP contribution in [0.2, 0.25) is 0 Å². The van der Waals surface area contributed by atoms with Gasteiger partial charge in [0.05, 0.1) is 10.2 Å². The third kappa shape index (κ3) is 2.58. The van der Waals surface area contributed by atoms with E-state index in [2.05, 4.69) is 28.7 Å². The number of nitrogens with two attached hydrogens (primary N) is 2. The van der Waals surface area contributed by atoms with Crippen molar-refractivity contribution in [1.82, 2.24) is 9.97 Å². The second-order valence-corrected chi connectivity index (χ2v) is 7.74. The zero-order valence-corrected chi connectivity index (χ0v) is 13.8. The minimum absolute atomic E-state index is 0.337. The average Bonchev–Trinajstić information content (AvgIpc) is 2.75. The van der Waals surface area contributed by atoms with E-state index in [0.29, 0.717) is 17.9 Å². The molecule has 6 heteroatoms. The van der Waals surface area contributed by atoms with Gasteiger partial charge in [0.15, 0.2) is 5.82 Å². The van der Waals surface area contributed by atoms with Crippen molar-refractivity contribution < 1.29 is 0 Å². The van der Waals surface area contributed by atoms with Crippen molar-refractivity contribution in [2.75, 3.05) is 30.8 Å². The first kappa shape index (κ1) is 14.5. The van der Waals surface area contributed by atoms with Crippen LogP contribution in [0, 0.1) is 5.41 Å². The molecule has 2 heterocycles. The molecule has 0 fully saturated rings. The Morgan fingerprint density at radius 2 is 2.10 bits per heavy atom. The number of nitrogens with zero attached hydrogens (tertiary/aromatic N) is 3. The van der Waals surface area contributed by atoms with Gasteiger partial charge in [-0.15, -0.1) is 11.3 Å². The van der Waals surface area contributed by atoms with Crippen molar-refractivity contribution in [1.29, 1.82) is 0 Å². The first-order valence-electron chi connectivity index (χ1n) is 7.40. The molecule has 0 radical (unpaired) electrons. The number of nitrogen functional groups attached to an aromatic ring is 1. The molecule has 2 aromatic heterocycles. The van der Waals surface area contributed by atoms with Gasteiger partial charge < -0.3 is 16.4 Å². The maximum absolute atomic E-state index is 5.94. The van der Waals surface area contributed by atoms with E-state index < -0.39 is 0 Å². The van der Waals surface area contributed by atoms with Crippen LogP contribution in [0.5, 0.6) is 0 Å². The molecule has 5 nitrogen and oxygen atoms in total. The highest BCUT2D eigenvalue weighted by Gasteiger charge is 2.30. The normalized spacial score (nSPS) is 17.0. The monoisotopic (exact) mass is 305 g/mol. The highest BCUT2D eigenvalue weighted by Crippen LogP contribution is 2.44. The third-order valence-electron chi connectivity index (χ3n) is 4.22. The summed E-state index contributed by atoms with van der Waals surface area (Å²) in [6.45, 7) is 6.01. The lowest BCUT2D eigenvalue weighted by Crippen LogP contribution is -2.26. The van der Waals surface area contributed by atoms with E-state index in [1.54, 1.807) is 0 Å². The maximum atomic E-state index is 5.94. The molecule has 0 saturated carbocycles. The largest absolute Gasteiger partial charge is 0.368 e. The number of fused-ring (bicyclic) bond motifs is 3. The van der Waals surface area contributed by atoms with Crippen LogP contribution in [0.1, 0.15) is 30.7 Å². The summed E-state index contributed by atoms with van der Waals surface area (Å²) in [5.74, 6) is 1.27. The second kappa shape index (κ2) is 5.10. The topological polar surface area (TPSA) is 81.1 Å². The zero-order valence-electron chi connectivity index (χ0n) is 12.9. The third-order valence-corrected chi connectivity index (χ3v) is 5.50. The Kier molecular flexibility index (Phi) is 3.53. The summed E-state index contributed by atoms with van der Waals surface area (Å²) >= 11 is 1.83. The summed E-state index contributed by atoms with van der Waals surface area (Å²) in [5.41, 5.74) is 14.4. The fraction of sp³-hybridized carbons (Fsp3) is 0.600. The number of rotatable bonds is 3. The quantitative estimate of drug-likeness (QED) is 0.908. The Morgan fingerprint density at radius 1 is 1.33 bits per heavy atom. The van der Waals surface area contributed by atoms with Gasteiger partial charge >= 0.3 is 0 Å². The second-order valence-electron chi connectivity index (χ2n) is 6.64. The fourth-order valence-corrected chi connectivity index (χ4v) is 4.33. The molecule has 2 aromatic rings. The fourth-order valence-electron chi connectivity index (χ4n) is 3.03. The van der Waals surface area contributed by atoms with Crippen LogP contribution in [-0.2, 0) is 12.8 Å². The van der Waals surface area contributed by atoms with E-state index in [0.717, 1.165) is 35.4 Å². The van der Waals surface area contributed by atoms with Crippen LogP contribution in [0.15, 0.2) is 0 Å². The molecule has 1 aliphatic carbocycles. The summed E-state index contributed by atoms with van der Waals surface area (Å²) in [6.07, 6.45) is 3.42. The number of thiophene rings is 1. The van der Waals surface area contributed by atoms with Gasteiger partial charge in [0.2, 0.25) is 5.95 Å². The van der Waals surface area contributed by atoms with Gasteiger partial charge in [-0.2, -0.15) is 4.98 Å². The Hall–Kier alpha value is -1.40. The highest BCUT2D eigenvalue weighted by molar-refractivity contribution is 7.19. The van der Waals surface area contributed by atoms with Crippen LogP contribution in [0.25, 0.3) is 10.2 Å². The van der Waals surface area contributed by atoms with E-state index in [4.69, 9.17) is 11.5 Å². The van der Waals surface area contributed by atoms with Gasteiger partial charge in [0.1, 0.15) is 0 Å². The van der Waals surface area contributed by atoms with Gasteiger partial charge in [0.25, 0.3) is 0 Å². The molecule has 3 rings (SSSR count). The SMILES string of the molecule is CN(CCN)c1nc(N)nc2c3c(sc12)CCC(C)(C)C3. The van der Waals surface area contributed by atoms with Crippen molar-refractivity contribution in [2.45, 2.75) is 33.1 Å². The number of likely N-dealkylation sites (N-methyl/N-ethyl adjacent to an activating group) is 1. The number of aromatic nitrogens is 2. The van der Waals surface area contributed by atoms with Crippen molar-refractivity contribution in [3.05, 3.63) is 10.4 Å². The summed E-state index contributed by atoms with van der Waals surface area (Å²) < 4.78 is 1.16. The van der Waals surface area contributed by atoms with E-state index >= 15 is 0 Å². The molecule has 0 spiro atoms. The Labute approximate surface area is 129 Å². The molecule has 0 aliphatic heterocycles. The first-order chi connectivity index (χ1) is 9.91. The zero-order chi connectivity index (χ0) is 15.2. The van der Waals surface area contributed by atoms with E-state index in [1.807, 2.05) is 18.4 Å². The van der Waals surface area contributed by atoms with Gasteiger partial charge in [-0.3, -0.25) is 0 Å². The van der Waals surface area contributed by atoms with E-state index in [1.165, 1.54) is 16.9 Å². The number of hydrogen-bond donors (Lipinski definition) is 2. The lowest BCUT2D eigenvalue weighted by Gasteiger charge is -2.29. The van der Waals surface area contributed by atoms with Gasteiger partial charge in [-0.05, 0) is 30.2 Å². The van der Waals surface area contributed by atoms with Crippen LogP contribution in [0.3, 0.4) is 0 Å². The lowest BCUT2D eigenvalue weighted by atomic mass is 9.77. The molecular formula is C15H23N5S. The summed E-state index contributed by atoms with van der Waals surface area (Å²) in [7, 11) is 2.01. The smallest absolute Gasteiger partial charge is 0.222 e. The van der Waals surface area contributed by atoms with Crippen LogP contribution < -0.4 is 16.4 Å². The summed E-state index contributed by atoms with van der Waals surface area (Å²) in [4.78, 5) is 12.5. The minimum atomic E-state index is 0.337. The van der Waals surface area contributed by atoms with Crippen LogP contribution in [-0.4, -0.2) is 30.1 Å². The molecule has 0 atom stereocenters. The summed E-state index contributed by atoms with van der Waals surface area (Å²) in [5, 5.41) is 0. The number of hydrogen-bond acceptors (Lipinski definition) is 6. The first-order valence-corrected chi connectivity index (χ1v) is 8.22. The molecule has 0 aromatic carbocycles. The summed E-state index contributed by atoms with van der Waals surface area (Å²) in [6, 6.07) is 0. The van der Waals surface area contributed by atoms with Crippen LogP contribution in [0.4, 0.5) is 11.8 Å². The highest BCUT2D eigenvalue weighted by atomic mass is 32.1. The van der Waals surface area contributed by atoms with Gasteiger partial charge in [-0.1, -0.05) is 13.8 Å². The maximum Gasteiger partial charge on any atom is 0.222 e. The van der Waals surface area contributed by atoms with Gasteiger partial charge in [0, 0.05) is 25.0 Å². The number of anilines is 2. The van der Waals surface area contributed by atoms with E-state index in [-0.39, 0.29) is 0 Å². The van der Waals surface area contributed by atoms with Crippen molar-refractivity contribution in [3.8, 4) is 0 Å². The molecule has 0 unspecified atom stereocenters. The van der Waals surface area contributed by atoms with Crippen molar-refractivity contribution in [2.24, 2.45) is 11.1 Å². The van der Waals surface area contributed by atoms with Crippen molar-refractivity contribution >= 4 is 33.3 Å². The molecule has 0 saturated heterocycles. The molecule has 0 amide bonds. The standard InChI is InChI=1S/C15H23N5S/c1-15(2)5-4-10-9(8-15)11-12(21-10)13(19-14(17)18-11)20(3)7-6-16/h4-8,16H2,1-3H3,(H2,17,18,19). The average molecular weight is 305 g/mol. The van der Waals surface area contributed by atoms with Gasteiger partial charge in [-0.25, -0.2) is 4.98 Å². The molecular weight excluding hydrogens is 282 g/mol. The van der Waals surface area contributed by atoms with Crippen molar-refractivity contribution in [3.63, 3.8) is 0 Å². The molecule has 0 bridgehead atoms. The Bertz CT molecular complexity index is 676. The molecule has 4 N–H and O–H groups in total. The lowest BCUT2D eigenvalue weighted by molar-refractivity contribution is 0.319. The Morgan fingerprint density at radius 3 is 2.81 bits per heavy atom. The predicted octanol–water partition coefficient (Wildman–Crippen LogP) is 2.18. The molecule has 1 aliphatic rings. The van der Waals surface area contributed by atoms with E-state index in [9.17, 15) is 0 Å². The molecule has 21 heavy (non-hydrogen) atoms. The Balaban J connectivity index is 2.17. The predicted molar refractivity (Wildman–Crippen MR) is 90.0 cm³/mol. The van der Waals surface area contributed by atoms with Crippen LogP contribution >= 0.6 is 11.3 Å². The number of aryl methyl sites for hydroxylation is 1. The molecule has 114 valence electrons.